The van der Waals surface area contributed by atoms with Crippen LogP contribution >= 0.6 is 0 Å². The fourth-order valence-electron chi connectivity index (χ4n) is 3.62. The maximum absolute atomic E-state index is 12.8. The molecule has 1 unspecified atom stereocenters. The first-order valence-corrected chi connectivity index (χ1v) is 12.0. The standard InChI is InChI=1S/C23H31N3O4S/c1-5-18(6-2)24-23(27)22-16-26(20-12-7-8-13-21(20)30-22)15-17-10-9-11-19(14-17)31(28,29)25(3)4/h7-14,18,22H,5-6,15-16H2,1-4H3,(H,24,27). The number of fused-ring (bicyclic) bond motifs is 1. The van der Waals surface area contributed by atoms with E-state index in [0.29, 0.717) is 18.8 Å². The molecule has 0 aromatic heterocycles. The molecule has 7 nitrogen and oxygen atoms in total. The lowest BCUT2D eigenvalue weighted by molar-refractivity contribution is -0.128. The van der Waals surface area contributed by atoms with Crippen molar-refractivity contribution in [1.82, 2.24) is 9.62 Å². The molecule has 1 aliphatic heterocycles. The van der Waals surface area contributed by atoms with Crippen molar-refractivity contribution in [2.45, 2.75) is 50.3 Å². The fraction of sp³-hybridized carbons (Fsp3) is 0.435. The van der Waals surface area contributed by atoms with Gasteiger partial charge in [-0.3, -0.25) is 4.79 Å². The van der Waals surface area contributed by atoms with Crippen molar-refractivity contribution in [2.24, 2.45) is 0 Å². The Morgan fingerprint density at radius 1 is 1.16 bits per heavy atom. The number of benzene rings is 2. The maximum Gasteiger partial charge on any atom is 0.263 e. The number of amides is 1. The number of carbonyl (C=O) groups excluding carboxylic acids is 1. The minimum absolute atomic E-state index is 0.120. The van der Waals surface area contributed by atoms with Crippen LogP contribution in [0.25, 0.3) is 0 Å². The normalized spacial score (nSPS) is 16.2. The fourth-order valence-corrected chi connectivity index (χ4v) is 4.59. The van der Waals surface area contributed by atoms with E-state index in [1.165, 1.54) is 18.4 Å². The SMILES string of the molecule is CCC(CC)NC(=O)C1CN(Cc2cccc(S(=O)(=O)N(C)C)c2)c2ccccc2O1. The van der Waals surface area contributed by atoms with Gasteiger partial charge in [0.25, 0.3) is 5.91 Å². The number of anilines is 1. The number of hydrogen-bond acceptors (Lipinski definition) is 5. The van der Waals surface area contributed by atoms with Crippen LogP contribution in [-0.4, -0.2) is 51.4 Å². The van der Waals surface area contributed by atoms with E-state index in [9.17, 15) is 13.2 Å². The summed E-state index contributed by atoms with van der Waals surface area (Å²) in [7, 11) is -0.484. The summed E-state index contributed by atoms with van der Waals surface area (Å²) in [6.45, 7) is 4.94. The number of hydrogen-bond donors (Lipinski definition) is 1. The van der Waals surface area contributed by atoms with Crippen LogP contribution in [0.15, 0.2) is 53.4 Å². The Kier molecular flexibility index (Phi) is 7.23. The molecule has 0 fully saturated rings. The van der Waals surface area contributed by atoms with Crippen LogP contribution in [0.4, 0.5) is 5.69 Å². The van der Waals surface area contributed by atoms with Crippen LogP contribution < -0.4 is 15.0 Å². The average Bonchev–Trinajstić information content (AvgIpc) is 2.77. The third-order valence-electron chi connectivity index (χ3n) is 5.54. The van der Waals surface area contributed by atoms with Gasteiger partial charge in [0, 0.05) is 26.7 Å². The molecule has 1 aliphatic rings. The van der Waals surface area contributed by atoms with Gasteiger partial charge in [0.1, 0.15) is 5.75 Å². The van der Waals surface area contributed by atoms with Crippen LogP contribution in [0.2, 0.25) is 0 Å². The second kappa shape index (κ2) is 9.70. The monoisotopic (exact) mass is 445 g/mol. The summed E-state index contributed by atoms with van der Waals surface area (Å²) < 4.78 is 32.2. The molecule has 0 bridgehead atoms. The number of ether oxygens (including phenoxy) is 1. The van der Waals surface area contributed by atoms with Crippen LogP contribution in [-0.2, 0) is 21.4 Å². The van der Waals surface area contributed by atoms with Crippen molar-refractivity contribution < 1.29 is 17.9 Å². The molecule has 0 saturated carbocycles. The van der Waals surface area contributed by atoms with Gasteiger partial charge in [0.2, 0.25) is 10.0 Å². The van der Waals surface area contributed by atoms with Gasteiger partial charge >= 0.3 is 0 Å². The van der Waals surface area contributed by atoms with Gasteiger partial charge in [-0.25, -0.2) is 12.7 Å². The summed E-state index contributed by atoms with van der Waals surface area (Å²) in [6.07, 6.45) is 1.09. The van der Waals surface area contributed by atoms with Crippen molar-refractivity contribution >= 4 is 21.6 Å². The molecule has 0 aliphatic carbocycles. The van der Waals surface area contributed by atoms with E-state index < -0.39 is 16.1 Å². The van der Waals surface area contributed by atoms with Gasteiger partial charge in [-0.15, -0.1) is 0 Å². The molecule has 3 rings (SSSR count). The van der Waals surface area contributed by atoms with Crippen LogP contribution in [0, 0.1) is 0 Å². The minimum atomic E-state index is -3.52. The van der Waals surface area contributed by atoms with E-state index in [1.54, 1.807) is 18.2 Å². The zero-order valence-electron chi connectivity index (χ0n) is 18.5. The Morgan fingerprint density at radius 2 is 1.87 bits per heavy atom. The lowest BCUT2D eigenvalue weighted by Crippen LogP contribution is -2.51. The molecule has 1 atom stereocenters. The third-order valence-corrected chi connectivity index (χ3v) is 7.35. The summed E-state index contributed by atoms with van der Waals surface area (Å²) >= 11 is 0. The van der Waals surface area contributed by atoms with Gasteiger partial charge in [-0.05, 0) is 42.7 Å². The maximum atomic E-state index is 12.8. The zero-order chi connectivity index (χ0) is 22.6. The van der Waals surface area contributed by atoms with Crippen molar-refractivity contribution in [3.05, 3.63) is 54.1 Å². The van der Waals surface area contributed by atoms with Crippen molar-refractivity contribution in [3.8, 4) is 5.75 Å². The first-order chi connectivity index (χ1) is 14.8. The number of sulfonamides is 1. The number of nitrogens with zero attached hydrogens (tertiary/aromatic N) is 2. The molecule has 0 radical (unpaired) electrons. The molecule has 1 amide bonds. The molecule has 1 N–H and O–H groups in total. The molecule has 168 valence electrons. The quantitative estimate of drug-likeness (QED) is 0.676. The van der Waals surface area contributed by atoms with Crippen LogP contribution in [0.1, 0.15) is 32.3 Å². The van der Waals surface area contributed by atoms with Crippen LogP contribution in [0.3, 0.4) is 0 Å². The first-order valence-electron chi connectivity index (χ1n) is 10.6. The predicted octanol–water partition coefficient (Wildman–Crippen LogP) is 3.01. The Balaban J connectivity index is 1.86. The van der Waals surface area contributed by atoms with Gasteiger partial charge in [-0.2, -0.15) is 0 Å². The van der Waals surface area contributed by atoms with E-state index >= 15 is 0 Å². The van der Waals surface area contributed by atoms with Crippen molar-refractivity contribution in [2.75, 3.05) is 25.5 Å². The molecule has 31 heavy (non-hydrogen) atoms. The molecular formula is C23H31N3O4S. The van der Waals surface area contributed by atoms with E-state index in [0.717, 1.165) is 24.1 Å². The first kappa shape index (κ1) is 23.1. The molecule has 0 saturated heterocycles. The number of carbonyl (C=O) groups is 1. The third kappa shape index (κ3) is 5.19. The molecule has 8 heteroatoms. The topological polar surface area (TPSA) is 79.0 Å². The molecule has 0 spiro atoms. The smallest absolute Gasteiger partial charge is 0.263 e. The summed E-state index contributed by atoms with van der Waals surface area (Å²) in [5, 5.41) is 3.07. The van der Waals surface area contributed by atoms with Crippen molar-refractivity contribution in [1.29, 1.82) is 0 Å². The molecule has 2 aromatic rings. The van der Waals surface area contributed by atoms with E-state index in [1.807, 2.05) is 44.2 Å². The van der Waals surface area contributed by atoms with Gasteiger partial charge < -0.3 is 15.0 Å². The highest BCUT2D eigenvalue weighted by Gasteiger charge is 2.31. The molecular weight excluding hydrogens is 414 g/mol. The second-order valence-corrected chi connectivity index (χ2v) is 10.1. The predicted molar refractivity (Wildman–Crippen MR) is 122 cm³/mol. The minimum Gasteiger partial charge on any atom is -0.477 e. The second-order valence-electron chi connectivity index (χ2n) is 7.91. The Bertz CT molecular complexity index is 1020. The number of nitrogens with one attached hydrogen (secondary N) is 1. The molecule has 2 aromatic carbocycles. The van der Waals surface area contributed by atoms with Gasteiger partial charge in [0.15, 0.2) is 6.10 Å². The Morgan fingerprint density at radius 3 is 2.55 bits per heavy atom. The van der Waals surface area contributed by atoms with E-state index in [4.69, 9.17) is 4.74 Å². The highest BCUT2D eigenvalue weighted by atomic mass is 32.2. The Hall–Kier alpha value is -2.58. The highest BCUT2D eigenvalue weighted by Crippen LogP contribution is 2.34. The summed E-state index contributed by atoms with van der Waals surface area (Å²) in [4.78, 5) is 15.2. The molecule has 1 heterocycles. The van der Waals surface area contributed by atoms with Crippen LogP contribution in [0.5, 0.6) is 5.75 Å². The van der Waals surface area contributed by atoms with Gasteiger partial charge in [0.05, 0.1) is 17.1 Å². The largest absolute Gasteiger partial charge is 0.477 e. The average molecular weight is 446 g/mol. The highest BCUT2D eigenvalue weighted by molar-refractivity contribution is 7.89. The summed E-state index contributed by atoms with van der Waals surface area (Å²) in [5.74, 6) is 0.521. The van der Waals surface area contributed by atoms with Crippen molar-refractivity contribution in [3.63, 3.8) is 0 Å². The lowest BCUT2D eigenvalue weighted by atomic mass is 10.1. The summed E-state index contributed by atoms with van der Waals surface area (Å²) in [6, 6.07) is 14.6. The number of para-hydroxylation sites is 2. The summed E-state index contributed by atoms with van der Waals surface area (Å²) in [5.41, 5.74) is 1.73. The van der Waals surface area contributed by atoms with E-state index in [-0.39, 0.29) is 16.8 Å². The Labute approximate surface area is 185 Å². The number of rotatable bonds is 8. The zero-order valence-corrected chi connectivity index (χ0v) is 19.4. The lowest BCUT2D eigenvalue weighted by Gasteiger charge is -2.36. The van der Waals surface area contributed by atoms with E-state index in [2.05, 4.69) is 10.2 Å². The van der Waals surface area contributed by atoms with Gasteiger partial charge in [-0.1, -0.05) is 38.1 Å².